The number of halogens is 2. The van der Waals surface area contributed by atoms with Crippen LogP contribution in [0.15, 0.2) is 52.9 Å². The van der Waals surface area contributed by atoms with Crippen LogP contribution < -0.4 is 5.32 Å². The molecule has 1 N–H and O–H groups in total. The number of rotatable bonds is 3. The summed E-state index contributed by atoms with van der Waals surface area (Å²) in [4.78, 5) is 12.4. The lowest BCUT2D eigenvalue weighted by Crippen LogP contribution is -2.12. The quantitative estimate of drug-likeness (QED) is 0.671. The van der Waals surface area contributed by atoms with Crippen molar-refractivity contribution in [1.29, 1.82) is 0 Å². The van der Waals surface area contributed by atoms with E-state index in [0.717, 1.165) is 11.1 Å². The van der Waals surface area contributed by atoms with Crippen LogP contribution in [0, 0.1) is 19.7 Å². The minimum absolute atomic E-state index is 0.0873. The Hall–Kier alpha value is -2.59. The monoisotopic (exact) mass is 343 g/mol. The largest absolute Gasteiger partial charge is 0.451 e. The lowest BCUT2D eigenvalue weighted by Gasteiger charge is -2.10. The molecule has 0 spiro atoms. The Morgan fingerprint density at radius 2 is 1.88 bits per heavy atom. The number of aryl methyl sites for hydroxylation is 2. The molecule has 122 valence electrons. The van der Waals surface area contributed by atoms with Crippen molar-refractivity contribution in [2.24, 2.45) is 0 Å². The number of anilines is 1. The van der Waals surface area contributed by atoms with Crippen LogP contribution in [-0.2, 0) is 0 Å². The third-order valence-electron chi connectivity index (χ3n) is 3.64. The molecule has 2 aromatic carbocycles. The fourth-order valence-electron chi connectivity index (χ4n) is 2.51. The van der Waals surface area contributed by atoms with Crippen molar-refractivity contribution in [3.63, 3.8) is 0 Å². The number of benzene rings is 2. The first-order valence-corrected chi connectivity index (χ1v) is 7.76. The Labute approximate surface area is 144 Å². The average Bonchev–Trinajstić information content (AvgIpc) is 3.01. The van der Waals surface area contributed by atoms with Gasteiger partial charge in [-0.15, -0.1) is 0 Å². The van der Waals surface area contributed by atoms with Gasteiger partial charge in [-0.25, -0.2) is 4.39 Å². The fourth-order valence-corrected chi connectivity index (χ4v) is 2.88. The molecule has 0 bridgehead atoms. The van der Waals surface area contributed by atoms with E-state index in [0.29, 0.717) is 22.0 Å². The highest BCUT2D eigenvalue weighted by atomic mass is 35.5. The van der Waals surface area contributed by atoms with Gasteiger partial charge in [-0.2, -0.15) is 0 Å². The molecule has 3 aromatic rings. The first-order valence-electron chi connectivity index (χ1n) is 7.38. The normalized spacial score (nSPS) is 10.7. The van der Waals surface area contributed by atoms with Crippen molar-refractivity contribution in [3.8, 4) is 11.3 Å². The van der Waals surface area contributed by atoms with Gasteiger partial charge in [0, 0.05) is 0 Å². The fraction of sp³-hybridized carbons (Fsp3) is 0.105. The van der Waals surface area contributed by atoms with Gasteiger partial charge in [0.2, 0.25) is 0 Å². The first-order chi connectivity index (χ1) is 11.5. The smallest absolute Gasteiger partial charge is 0.291 e. The van der Waals surface area contributed by atoms with Gasteiger partial charge in [0.25, 0.3) is 5.91 Å². The minimum Gasteiger partial charge on any atom is -0.451 e. The molecule has 0 atom stereocenters. The zero-order valence-corrected chi connectivity index (χ0v) is 13.9. The summed E-state index contributed by atoms with van der Waals surface area (Å²) in [5.41, 5.74) is 2.71. The predicted octanol–water partition coefficient (Wildman–Crippen LogP) is 5.61. The number of carbonyl (C=O) groups excluding carboxylic acids is 1. The summed E-state index contributed by atoms with van der Waals surface area (Å²) >= 11 is 6.19. The van der Waals surface area contributed by atoms with E-state index in [9.17, 15) is 9.18 Å². The lowest BCUT2D eigenvalue weighted by atomic mass is 10.1. The molecule has 3 nitrogen and oxygen atoms in total. The molecule has 1 heterocycles. The van der Waals surface area contributed by atoms with E-state index < -0.39 is 11.7 Å². The van der Waals surface area contributed by atoms with Gasteiger partial charge in [0.05, 0.1) is 16.3 Å². The summed E-state index contributed by atoms with van der Waals surface area (Å²) in [7, 11) is 0. The maximum atomic E-state index is 13.8. The second-order valence-electron chi connectivity index (χ2n) is 5.54. The molecular weight excluding hydrogens is 329 g/mol. The van der Waals surface area contributed by atoms with Gasteiger partial charge in [-0.05, 0) is 55.3 Å². The van der Waals surface area contributed by atoms with Crippen molar-refractivity contribution in [3.05, 3.63) is 76.3 Å². The zero-order valence-electron chi connectivity index (χ0n) is 13.2. The Bertz CT molecular complexity index is 894. The molecule has 1 aromatic heterocycles. The highest BCUT2D eigenvalue weighted by Gasteiger charge is 2.16. The van der Waals surface area contributed by atoms with Gasteiger partial charge >= 0.3 is 0 Å². The van der Waals surface area contributed by atoms with Gasteiger partial charge in [-0.3, -0.25) is 4.79 Å². The minimum atomic E-state index is -0.438. The molecule has 1 amide bonds. The van der Waals surface area contributed by atoms with Gasteiger partial charge in [0.1, 0.15) is 11.6 Å². The second kappa shape index (κ2) is 6.49. The van der Waals surface area contributed by atoms with E-state index in [-0.39, 0.29) is 5.76 Å². The topological polar surface area (TPSA) is 42.2 Å². The van der Waals surface area contributed by atoms with E-state index in [2.05, 4.69) is 5.32 Å². The molecule has 24 heavy (non-hydrogen) atoms. The molecule has 3 rings (SSSR count). The zero-order chi connectivity index (χ0) is 17.3. The highest BCUT2D eigenvalue weighted by Crippen LogP contribution is 2.29. The third kappa shape index (κ3) is 3.19. The van der Waals surface area contributed by atoms with Crippen LogP contribution in [0.5, 0.6) is 0 Å². The molecule has 0 unspecified atom stereocenters. The molecule has 0 aliphatic heterocycles. The number of hydrogen-bond donors (Lipinski definition) is 1. The Morgan fingerprint density at radius 3 is 2.58 bits per heavy atom. The van der Waals surface area contributed by atoms with Crippen LogP contribution in [0.2, 0.25) is 5.02 Å². The molecular formula is C19H15ClFNO2. The Morgan fingerprint density at radius 1 is 1.12 bits per heavy atom. The molecule has 0 saturated carbocycles. The average molecular weight is 344 g/mol. The van der Waals surface area contributed by atoms with E-state index >= 15 is 0 Å². The third-order valence-corrected chi connectivity index (χ3v) is 3.94. The summed E-state index contributed by atoms with van der Waals surface area (Å²) in [5, 5.41) is 3.20. The SMILES string of the molecule is Cc1cc(C)c(NC(=O)c2ccc(-c3ccccc3F)o2)c(Cl)c1. The predicted molar refractivity (Wildman–Crippen MR) is 93.0 cm³/mol. The summed E-state index contributed by atoms with van der Waals surface area (Å²) in [5.74, 6) is -0.461. The van der Waals surface area contributed by atoms with Crippen LogP contribution in [-0.4, -0.2) is 5.91 Å². The van der Waals surface area contributed by atoms with Crippen LogP contribution in [0.25, 0.3) is 11.3 Å². The van der Waals surface area contributed by atoms with E-state index in [1.165, 1.54) is 12.1 Å². The highest BCUT2D eigenvalue weighted by molar-refractivity contribution is 6.34. The van der Waals surface area contributed by atoms with Crippen molar-refractivity contribution >= 4 is 23.2 Å². The van der Waals surface area contributed by atoms with E-state index in [1.807, 2.05) is 19.9 Å². The maximum absolute atomic E-state index is 13.8. The number of hydrogen-bond acceptors (Lipinski definition) is 2. The molecule has 0 aliphatic rings. The number of amides is 1. The van der Waals surface area contributed by atoms with Crippen molar-refractivity contribution in [2.75, 3.05) is 5.32 Å². The van der Waals surface area contributed by atoms with Crippen LogP contribution >= 0.6 is 11.6 Å². The van der Waals surface area contributed by atoms with Crippen LogP contribution in [0.4, 0.5) is 10.1 Å². The number of carbonyl (C=O) groups is 1. The van der Waals surface area contributed by atoms with Crippen molar-refractivity contribution < 1.29 is 13.6 Å². The molecule has 5 heteroatoms. The van der Waals surface area contributed by atoms with Gasteiger partial charge in [-0.1, -0.05) is 29.8 Å². The number of furan rings is 1. The summed E-state index contributed by atoms with van der Waals surface area (Å²) in [6, 6.07) is 13.0. The molecule has 0 saturated heterocycles. The van der Waals surface area contributed by atoms with Crippen LogP contribution in [0.3, 0.4) is 0 Å². The van der Waals surface area contributed by atoms with Gasteiger partial charge < -0.3 is 9.73 Å². The van der Waals surface area contributed by atoms with E-state index in [1.54, 1.807) is 30.3 Å². The van der Waals surface area contributed by atoms with Gasteiger partial charge in [0.15, 0.2) is 5.76 Å². The standard InChI is InChI=1S/C19H15ClFNO2/c1-11-9-12(2)18(14(20)10-11)22-19(23)17-8-7-16(24-17)13-5-3-4-6-15(13)21/h3-10H,1-2H3,(H,22,23). The van der Waals surface area contributed by atoms with Crippen molar-refractivity contribution in [1.82, 2.24) is 0 Å². The van der Waals surface area contributed by atoms with E-state index in [4.69, 9.17) is 16.0 Å². The number of nitrogens with one attached hydrogen (secondary N) is 1. The lowest BCUT2D eigenvalue weighted by molar-refractivity contribution is 0.0997. The Kier molecular flexibility index (Phi) is 4.40. The summed E-state index contributed by atoms with van der Waals surface area (Å²) in [6.45, 7) is 3.79. The van der Waals surface area contributed by atoms with Crippen molar-refractivity contribution in [2.45, 2.75) is 13.8 Å². The Balaban J connectivity index is 1.86. The van der Waals surface area contributed by atoms with Crippen LogP contribution in [0.1, 0.15) is 21.7 Å². The molecule has 0 radical (unpaired) electrons. The molecule has 0 fully saturated rings. The first kappa shape index (κ1) is 16.3. The second-order valence-corrected chi connectivity index (χ2v) is 5.94. The summed E-state index contributed by atoms with van der Waals surface area (Å²) < 4.78 is 19.3. The molecule has 0 aliphatic carbocycles. The maximum Gasteiger partial charge on any atom is 0.291 e. The summed E-state index contributed by atoms with van der Waals surface area (Å²) in [6.07, 6.45) is 0.